The highest BCUT2D eigenvalue weighted by atomic mass is 32.2. The van der Waals surface area contributed by atoms with Crippen LogP contribution in [-0.2, 0) is 10.0 Å². The van der Waals surface area contributed by atoms with Crippen LogP contribution in [0.2, 0.25) is 0 Å². The highest BCUT2D eigenvalue weighted by molar-refractivity contribution is 7.91. The molecule has 2 heterocycles. The monoisotopic (exact) mass is 272 g/mol. The molecule has 0 spiro atoms. The van der Waals surface area contributed by atoms with Gasteiger partial charge in [-0.05, 0) is 18.6 Å². The minimum absolute atomic E-state index is 0.131. The number of sulfonamides is 1. The summed E-state index contributed by atoms with van der Waals surface area (Å²) in [7, 11) is -3.53. The van der Waals surface area contributed by atoms with Gasteiger partial charge in [-0.3, -0.25) is 0 Å². The molecule has 7 heteroatoms. The van der Waals surface area contributed by atoms with Gasteiger partial charge in [-0.25, -0.2) is 8.42 Å². The number of β-amino-alcohol motifs (C(OH)–C–C–N with tert-alkyl or cyclic N) is 1. The fraction of sp³-hybridized carbons (Fsp3) is 0.500. The molecule has 0 atom stereocenters. The van der Waals surface area contributed by atoms with Gasteiger partial charge in [0.1, 0.15) is 15.2 Å². The lowest BCUT2D eigenvalue weighted by molar-refractivity contribution is -0.0612. The molecule has 1 fully saturated rings. The van der Waals surface area contributed by atoms with Crippen molar-refractivity contribution in [3.63, 3.8) is 0 Å². The first-order valence-corrected chi connectivity index (χ1v) is 7.39. The minimum atomic E-state index is -3.53. The van der Waals surface area contributed by atoms with Crippen molar-refractivity contribution in [3.05, 3.63) is 17.0 Å². The number of rotatable bonds is 3. The lowest BCUT2D eigenvalue weighted by Gasteiger charge is -2.44. The van der Waals surface area contributed by atoms with Crippen molar-refractivity contribution >= 4 is 21.4 Å². The first kappa shape index (κ1) is 12.5. The van der Waals surface area contributed by atoms with Gasteiger partial charge in [0.05, 0.1) is 5.60 Å². The largest absolute Gasteiger partial charge is 0.387 e. The summed E-state index contributed by atoms with van der Waals surface area (Å²) in [5.41, 5.74) is -0.887. The second-order valence-electron chi connectivity index (χ2n) is 4.08. The van der Waals surface area contributed by atoms with Crippen LogP contribution in [0.1, 0.15) is 18.2 Å². The SMILES string of the molecule is CCC1(O)CN(S(=O)(=O)c2ccc(C#N)s2)C1. The summed E-state index contributed by atoms with van der Waals surface area (Å²) in [5, 5.41) is 18.5. The third-order valence-corrected chi connectivity index (χ3v) is 6.13. The zero-order valence-corrected chi connectivity index (χ0v) is 10.9. The Morgan fingerprint density at radius 2 is 2.24 bits per heavy atom. The van der Waals surface area contributed by atoms with E-state index in [2.05, 4.69) is 0 Å². The van der Waals surface area contributed by atoms with Crippen LogP contribution in [0.25, 0.3) is 0 Å². The fourth-order valence-corrected chi connectivity index (χ4v) is 4.51. The Kier molecular flexibility index (Phi) is 2.99. The topological polar surface area (TPSA) is 81.4 Å². The summed E-state index contributed by atoms with van der Waals surface area (Å²) < 4.78 is 25.5. The third kappa shape index (κ3) is 2.09. The van der Waals surface area contributed by atoms with Crippen molar-refractivity contribution < 1.29 is 13.5 Å². The molecule has 17 heavy (non-hydrogen) atoms. The second-order valence-corrected chi connectivity index (χ2v) is 7.33. The summed E-state index contributed by atoms with van der Waals surface area (Å²) in [6.45, 7) is 2.08. The predicted octanol–water partition coefficient (Wildman–Crippen LogP) is 0.765. The van der Waals surface area contributed by atoms with Gasteiger partial charge in [0, 0.05) is 13.1 Å². The number of aliphatic hydroxyl groups is 1. The first-order valence-electron chi connectivity index (χ1n) is 5.14. The molecule has 1 aliphatic rings. The zero-order chi connectivity index (χ0) is 12.7. The molecule has 0 bridgehead atoms. The van der Waals surface area contributed by atoms with Crippen molar-refractivity contribution in [2.75, 3.05) is 13.1 Å². The van der Waals surface area contributed by atoms with E-state index in [4.69, 9.17) is 5.26 Å². The van der Waals surface area contributed by atoms with Gasteiger partial charge in [-0.15, -0.1) is 11.3 Å². The molecule has 0 saturated carbocycles. The van der Waals surface area contributed by atoms with Gasteiger partial charge in [0.2, 0.25) is 0 Å². The molecule has 1 aliphatic heterocycles. The Morgan fingerprint density at radius 1 is 1.59 bits per heavy atom. The van der Waals surface area contributed by atoms with Crippen LogP contribution < -0.4 is 0 Å². The molecular weight excluding hydrogens is 260 g/mol. The van der Waals surface area contributed by atoms with Crippen molar-refractivity contribution in [1.82, 2.24) is 4.31 Å². The maximum Gasteiger partial charge on any atom is 0.252 e. The summed E-state index contributed by atoms with van der Waals surface area (Å²) in [6.07, 6.45) is 0.535. The number of thiophene rings is 1. The Balaban J connectivity index is 2.19. The molecule has 1 aromatic rings. The Labute approximate surface area is 104 Å². The van der Waals surface area contributed by atoms with Crippen LogP contribution >= 0.6 is 11.3 Å². The molecule has 1 aromatic heterocycles. The number of hydrogen-bond acceptors (Lipinski definition) is 5. The Morgan fingerprint density at radius 3 is 2.71 bits per heavy atom. The van der Waals surface area contributed by atoms with E-state index in [1.165, 1.54) is 16.4 Å². The predicted molar refractivity (Wildman–Crippen MR) is 63.0 cm³/mol. The molecule has 0 aliphatic carbocycles. The standard InChI is InChI=1S/C10H12N2O3S2/c1-2-10(13)6-12(7-10)17(14,15)9-4-3-8(5-11)16-9/h3-4,13H,2,6-7H2,1H3. The zero-order valence-electron chi connectivity index (χ0n) is 9.25. The van der Waals surface area contributed by atoms with Crippen LogP contribution in [0.15, 0.2) is 16.3 Å². The molecule has 0 aromatic carbocycles. The van der Waals surface area contributed by atoms with Gasteiger partial charge in [-0.2, -0.15) is 9.57 Å². The van der Waals surface area contributed by atoms with Gasteiger partial charge in [0.25, 0.3) is 10.0 Å². The fourth-order valence-electron chi connectivity index (χ4n) is 1.65. The molecule has 1 saturated heterocycles. The maximum atomic E-state index is 12.1. The van der Waals surface area contributed by atoms with E-state index >= 15 is 0 Å². The lowest BCUT2D eigenvalue weighted by atomic mass is 9.94. The molecule has 0 radical (unpaired) electrons. The van der Waals surface area contributed by atoms with E-state index in [1.54, 1.807) is 0 Å². The van der Waals surface area contributed by atoms with Crippen molar-refractivity contribution in [3.8, 4) is 6.07 Å². The van der Waals surface area contributed by atoms with Crippen LogP contribution in [-0.4, -0.2) is 36.5 Å². The summed E-state index contributed by atoms with van der Waals surface area (Å²) in [4.78, 5) is 0.370. The number of hydrogen-bond donors (Lipinski definition) is 1. The second kappa shape index (κ2) is 4.07. The molecule has 5 nitrogen and oxygen atoms in total. The average Bonchev–Trinajstić information content (AvgIpc) is 2.73. The minimum Gasteiger partial charge on any atom is -0.387 e. The van der Waals surface area contributed by atoms with E-state index in [-0.39, 0.29) is 17.3 Å². The first-order chi connectivity index (χ1) is 7.91. The van der Waals surface area contributed by atoms with E-state index in [1.807, 2.05) is 13.0 Å². The van der Waals surface area contributed by atoms with Crippen molar-refractivity contribution in [2.24, 2.45) is 0 Å². The van der Waals surface area contributed by atoms with E-state index in [0.29, 0.717) is 11.3 Å². The van der Waals surface area contributed by atoms with Crippen LogP contribution in [0.5, 0.6) is 0 Å². The molecule has 1 N–H and O–H groups in total. The Bertz CT molecular complexity index is 565. The number of nitrogens with zero attached hydrogens (tertiary/aromatic N) is 2. The third-order valence-electron chi connectivity index (χ3n) is 2.89. The molecule has 0 unspecified atom stereocenters. The summed E-state index contributed by atoms with van der Waals surface area (Å²) in [5.74, 6) is 0. The Hall–Kier alpha value is -0.940. The molecule has 0 amide bonds. The van der Waals surface area contributed by atoms with Crippen molar-refractivity contribution in [2.45, 2.75) is 23.2 Å². The van der Waals surface area contributed by atoms with Crippen LogP contribution in [0, 0.1) is 11.3 Å². The molecule has 92 valence electrons. The van der Waals surface area contributed by atoms with Crippen molar-refractivity contribution in [1.29, 1.82) is 5.26 Å². The van der Waals surface area contributed by atoms with Gasteiger partial charge in [0.15, 0.2) is 0 Å². The smallest absolute Gasteiger partial charge is 0.252 e. The maximum absolute atomic E-state index is 12.1. The van der Waals surface area contributed by atoms with E-state index in [0.717, 1.165) is 11.3 Å². The van der Waals surface area contributed by atoms with Crippen LogP contribution in [0.3, 0.4) is 0 Å². The van der Waals surface area contributed by atoms with E-state index in [9.17, 15) is 13.5 Å². The highest BCUT2D eigenvalue weighted by Gasteiger charge is 2.46. The lowest BCUT2D eigenvalue weighted by Crippen LogP contribution is -2.62. The quantitative estimate of drug-likeness (QED) is 0.881. The summed E-state index contributed by atoms with van der Waals surface area (Å²) in [6, 6.07) is 4.83. The van der Waals surface area contributed by atoms with Gasteiger partial charge in [-0.1, -0.05) is 6.92 Å². The highest BCUT2D eigenvalue weighted by Crippen LogP contribution is 2.32. The number of nitriles is 1. The van der Waals surface area contributed by atoms with Crippen LogP contribution in [0.4, 0.5) is 0 Å². The molecular formula is C10H12N2O3S2. The average molecular weight is 272 g/mol. The normalized spacial score (nSPS) is 19.6. The summed E-state index contributed by atoms with van der Waals surface area (Å²) >= 11 is 0.953. The van der Waals surface area contributed by atoms with Gasteiger partial charge < -0.3 is 5.11 Å². The van der Waals surface area contributed by atoms with E-state index < -0.39 is 15.6 Å². The van der Waals surface area contributed by atoms with Gasteiger partial charge >= 0.3 is 0 Å². The molecule has 2 rings (SSSR count).